The number of hydrogen-bond donors (Lipinski definition) is 2. The fraction of sp³-hybridized carbons (Fsp3) is 0.364. The van der Waals surface area contributed by atoms with Crippen molar-refractivity contribution in [2.24, 2.45) is 5.73 Å². The van der Waals surface area contributed by atoms with Crippen LogP contribution in [0.2, 0.25) is 0 Å². The van der Waals surface area contributed by atoms with Gasteiger partial charge in [-0.15, -0.1) is 0 Å². The minimum absolute atomic E-state index is 0.0775. The third-order valence-corrected chi connectivity index (χ3v) is 1.94. The molecule has 0 aliphatic carbocycles. The second kappa shape index (κ2) is 6.16. The zero-order valence-electron chi connectivity index (χ0n) is 8.82. The molecule has 0 unspecified atom stereocenters. The van der Waals surface area contributed by atoms with Crippen LogP contribution in [0.15, 0.2) is 24.3 Å². The Hall–Kier alpha value is -1.39. The number of hydrogen-bond acceptors (Lipinski definition) is 3. The van der Waals surface area contributed by atoms with E-state index >= 15 is 0 Å². The fourth-order valence-corrected chi connectivity index (χ4v) is 1.16. The summed E-state index contributed by atoms with van der Waals surface area (Å²) in [4.78, 5) is 0. The van der Waals surface area contributed by atoms with E-state index < -0.39 is 0 Å². The Morgan fingerprint density at radius 1 is 1.40 bits per heavy atom. The highest BCUT2D eigenvalue weighted by Crippen LogP contribution is 2.05. The molecular weight excluding hydrogens is 192 g/mol. The van der Waals surface area contributed by atoms with Crippen LogP contribution in [0.3, 0.4) is 0 Å². The molecule has 3 N–H and O–H groups in total. The summed E-state index contributed by atoms with van der Waals surface area (Å²) >= 11 is 0. The number of benzene rings is 1. The van der Waals surface area contributed by atoms with E-state index in [0.29, 0.717) is 19.8 Å². The van der Waals surface area contributed by atoms with Crippen molar-refractivity contribution in [3.63, 3.8) is 0 Å². The van der Waals surface area contributed by atoms with E-state index in [1.54, 1.807) is 13.2 Å². The van der Waals surface area contributed by atoms with Crippen molar-refractivity contribution in [2.45, 2.75) is 6.61 Å². The lowest BCUT2D eigenvalue weighted by Gasteiger charge is -2.05. The average molecular weight is 208 g/mol. The maximum absolute atomic E-state index is 7.29. The van der Waals surface area contributed by atoms with Gasteiger partial charge in [-0.25, -0.2) is 0 Å². The van der Waals surface area contributed by atoms with Gasteiger partial charge in [0.15, 0.2) is 0 Å². The van der Waals surface area contributed by atoms with E-state index in [4.69, 9.17) is 20.6 Å². The molecule has 1 aromatic rings. The second-order valence-electron chi connectivity index (χ2n) is 3.16. The summed E-state index contributed by atoms with van der Waals surface area (Å²) in [6, 6.07) is 7.47. The maximum atomic E-state index is 7.29. The molecule has 0 fully saturated rings. The van der Waals surface area contributed by atoms with Gasteiger partial charge in [0, 0.05) is 12.7 Å². The number of nitrogen functional groups attached to an aromatic ring is 1. The molecule has 0 bridgehead atoms. The quantitative estimate of drug-likeness (QED) is 0.418. The van der Waals surface area contributed by atoms with E-state index in [1.165, 1.54) is 0 Å². The van der Waals surface area contributed by atoms with Gasteiger partial charge >= 0.3 is 0 Å². The van der Waals surface area contributed by atoms with Crippen molar-refractivity contribution in [3.05, 3.63) is 35.4 Å². The van der Waals surface area contributed by atoms with Crippen LogP contribution in [0, 0.1) is 5.41 Å². The number of nitrogens with two attached hydrogens (primary N) is 1. The molecule has 4 heteroatoms. The van der Waals surface area contributed by atoms with Crippen LogP contribution in [0.1, 0.15) is 11.1 Å². The first-order valence-corrected chi connectivity index (χ1v) is 4.74. The van der Waals surface area contributed by atoms with Gasteiger partial charge in [-0.2, -0.15) is 0 Å². The van der Waals surface area contributed by atoms with Crippen molar-refractivity contribution in [2.75, 3.05) is 20.3 Å². The number of nitrogens with one attached hydrogen (secondary N) is 1. The molecule has 0 heterocycles. The Labute approximate surface area is 89.5 Å². The summed E-state index contributed by atoms with van der Waals surface area (Å²) < 4.78 is 10.2. The second-order valence-corrected chi connectivity index (χ2v) is 3.16. The molecule has 0 atom stereocenters. The minimum atomic E-state index is 0.0775. The van der Waals surface area contributed by atoms with E-state index in [1.807, 2.05) is 18.2 Å². The first kappa shape index (κ1) is 11.7. The Kier molecular flexibility index (Phi) is 4.80. The monoisotopic (exact) mass is 208 g/mol. The Morgan fingerprint density at radius 3 is 2.87 bits per heavy atom. The smallest absolute Gasteiger partial charge is 0.122 e. The van der Waals surface area contributed by atoms with Crippen molar-refractivity contribution in [1.82, 2.24) is 0 Å². The zero-order valence-corrected chi connectivity index (χ0v) is 8.82. The fourth-order valence-electron chi connectivity index (χ4n) is 1.16. The molecule has 0 aliphatic heterocycles. The molecule has 0 aliphatic rings. The maximum Gasteiger partial charge on any atom is 0.122 e. The summed E-state index contributed by atoms with van der Waals surface area (Å²) in [6.45, 7) is 1.68. The predicted molar refractivity (Wildman–Crippen MR) is 59.0 cm³/mol. The van der Waals surface area contributed by atoms with E-state index in [2.05, 4.69) is 0 Å². The molecule has 4 nitrogen and oxygen atoms in total. The predicted octanol–water partition coefficient (Wildman–Crippen LogP) is 1.13. The van der Waals surface area contributed by atoms with Crippen molar-refractivity contribution in [1.29, 1.82) is 5.41 Å². The van der Waals surface area contributed by atoms with Crippen LogP contribution in [-0.2, 0) is 16.1 Å². The molecule has 0 spiro atoms. The Morgan fingerprint density at radius 2 is 2.20 bits per heavy atom. The van der Waals surface area contributed by atoms with Crippen LogP contribution in [0.25, 0.3) is 0 Å². The van der Waals surface area contributed by atoms with Gasteiger partial charge in [0.25, 0.3) is 0 Å². The lowest BCUT2D eigenvalue weighted by Crippen LogP contribution is -2.11. The van der Waals surface area contributed by atoms with Gasteiger partial charge < -0.3 is 15.2 Å². The highest BCUT2D eigenvalue weighted by Gasteiger charge is 1.98. The van der Waals surface area contributed by atoms with Gasteiger partial charge in [-0.1, -0.05) is 18.2 Å². The summed E-state index contributed by atoms with van der Waals surface area (Å²) in [6.07, 6.45) is 0. The summed E-state index contributed by atoms with van der Waals surface area (Å²) in [5.41, 5.74) is 7.12. The lowest BCUT2D eigenvalue weighted by atomic mass is 10.1. The average Bonchev–Trinajstić information content (AvgIpc) is 2.25. The summed E-state index contributed by atoms with van der Waals surface area (Å²) in [5.74, 6) is 0.0775. The summed E-state index contributed by atoms with van der Waals surface area (Å²) in [5, 5.41) is 7.29. The molecular formula is C11H16N2O2. The van der Waals surface area contributed by atoms with E-state index in [-0.39, 0.29) is 5.84 Å². The molecule has 82 valence electrons. The van der Waals surface area contributed by atoms with Crippen molar-refractivity contribution >= 4 is 5.84 Å². The van der Waals surface area contributed by atoms with Gasteiger partial charge in [0.05, 0.1) is 19.8 Å². The van der Waals surface area contributed by atoms with Crippen LogP contribution >= 0.6 is 0 Å². The van der Waals surface area contributed by atoms with Gasteiger partial charge in [-0.05, 0) is 11.6 Å². The normalized spacial score (nSPS) is 10.2. The number of rotatable bonds is 6. The van der Waals surface area contributed by atoms with Crippen molar-refractivity contribution in [3.8, 4) is 0 Å². The Balaban J connectivity index is 2.47. The number of amidine groups is 1. The van der Waals surface area contributed by atoms with Crippen LogP contribution in [0.4, 0.5) is 0 Å². The van der Waals surface area contributed by atoms with Crippen LogP contribution in [-0.4, -0.2) is 26.2 Å². The first-order valence-electron chi connectivity index (χ1n) is 4.74. The Bertz CT molecular complexity index is 326. The lowest BCUT2D eigenvalue weighted by molar-refractivity contribution is 0.0616. The molecule has 0 aromatic heterocycles. The van der Waals surface area contributed by atoms with Crippen LogP contribution < -0.4 is 5.73 Å². The summed E-state index contributed by atoms with van der Waals surface area (Å²) in [7, 11) is 1.64. The van der Waals surface area contributed by atoms with Crippen molar-refractivity contribution < 1.29 is 9.47 Å². The highest BCUT2D eigenvalue weighted by atomic mass is 16.5. The topological polar surface area (TPSA) is 68.3 Å². The van der Waals surface area contributed by atoms with Gasteiger partial charge in [0.1, 0.15) is 5.84 Å². The first-order chi connectivity index (χ1) is 7.24. The largest absolute Gasteiger partial charge is 0.384 e. The third-order valence-electron chi connectivity index (χ3n) is 1.94. The van der Waals surface area contributed by atoms with Gasteiger partial charge in [0.2, 0.25) is 0 Å². The third kappa shape index (κ3) is 4.10. The standard InChI is InChI=1S/C11H16N2O2/c1-14-5-6-15-8-9-3-2-4-10(7-9)11(12)13/h2-4,7H,5-6,8H2,1H3,(H3,12,13). The molecule has 0 radical (unpaired) electrons. The molecule has 1 aromatic carbocycles. The molecule has 15 heavy (non-hydrogen) atoms. The number of ether oxygens (including phenoxy) is 2. The van der Waals surface area contributed by atoms with E-state index in [0.717, 1.165) is 11.1 Å². The molecule has 0 saturated carbocycles. The highest BCUT2D eigenvalue weighted by molar-refractivity contribution is 5.95. The molecule has 1 rings (SSSR count). The molecule has 0 amide bonds. The van der Waals surface area contributed by atoms with E-state index in [9.17, 15) is 0 Å². The van der Waals surface area contributed by atoms with Crippen LogP contribution in [0.5, 0.6) is 0 Å². The minimum Gasteiger partial charge on any atom is -0.384 e. The van der Waals surface area contributed by atoms with Gasteiger partial charge in [-0.3, -0.25) is 5.41 Å². The number of methoxy groups -OCH3 is 1. The molecule has 0 saturated heterocycles. The SMILES string of the molecule is COCCOCc1cccc(C(=N)N)c1. The zero-order chi connectivity index (χ0) is 11.1.